The Hall–Kier alpha value is -1.95. The van der Waals surface area contributed by atoms with Gasteiger partial charge in [-0.2, -0.15) is 0 Å². The standard InChI is InChI=1S/C11H14N2O4/c1-2-15-5-11(14)13-8-4-10-9(3-7(8)12)16-6-17-10/h3-4H,2,5-6,12H2,1H3,(H,13,14). The van der Waals surface area contributed by atoms with Crippen molar-refractivity contribution in [3.8, 4) is 11.5 Å². The molecule has 0 bridgehead atoms. The zero-order valence-electron chi connectivity index (χ0n) is 9.49. The zero-order chi connectivity index (χ0) is 12.3. The number of nitrogens with two attached hydrogens (primary N) is 1. The second-order valence-corrected chi connectivity index (χ2v) is 3.48. The van der Waals surface area contributed by atoms with E-state index >= 15 is 0 Å². The Bertz CT molecular complexity index is 434. The molecule has 0 saturated carbocycles. The third-order valence-corrected chi connectivity index (χ3v) is 2.26. The highest BCUT2D eigenvalue weighted by molar-refractivity contribution is 5.95. The lowest BCUT2D eigenvalue weighted by Crippen LogP contribution is -2.18. The van der Waals surface area contributed by atoms with Gasteiger partial charge in [-0.15, -0.1) is 0 Å². The molecule has 6 nitrogen and oxygen atoms in total. The number of nitrogens with one attached hydrogen (secondary N) is 1. The molecule has 0 saturated heterocycles. The van der Waals surface area contributed by atoms with E-state index in [0.29, 0.717) is 29.5 Å². The number of nitrogen functional groups attached to an aromatic ring is 1. The van der Waals surface area contributed by atoms with Crippen LogP contribution < -0.4 is 20.5 Å². The van der Waals surface area contributed by atoms with Crippen LogP contribution in [-0.4, -0.2) is 25.9 Å². The van der Waals surface area contributed by atoms with Crippen molar-refractivity contribution in [2.45, 2.75) is 6.92 Å². The lowest BCUT2D eigenvalue weighted by molar-refractivity contribution is -0.120. The highest BCUT2D eigenvalue weighted by Crippen LogP contribution is 2.38. The Kier molecular flexibility index (Phi) is 3.34. The molecular formula is C11H14N2O4. The molecule has 92 valence electrons. The Morgan fingerprint density at radius 1 is 1.47 bits per heavy atom. The molecule has 0 fully saturated rings. The Balaban J connectivity index is 2.08. The van der Waals surface area contributed by atoms with Crippen LogP contribution in [0.1, 0.15) is 6.92 Å². The Morgan fingerprint density at radius 2 is 2.18 bits per heavy atom. The van der Waals surface area contributed by atoms with Gasteiger partial charge in [-0.05, 0) is 6.92 Å². The molecule has 0 radical (unpaired) electrons. The summed E-state index contributed by atoms with van der Waals surface area (Å²) in [5, 5.41) is 2.65. The van der Waals surface area contributed by atoms with E-state index in [1.807, 2.05) is 6.92 Å². The van der Waals surface area contributed by atoms with Crippen molar-refractivity contribution < 1.29 is 19.0 Å². The molecule has 6 heteroatoms. The van der Waals surface area contributed by atoms with E-state index in [1.54, 1.807) is 12.1 Å². The molecular weight excluding hydrogens is 224 g/mol. The molecule has 2 rings (SSSR count). The molecule has 3 N–H and O–H groups in total. The molecule has 0 aliphatic carbocycles. The second kappa shape index (κ2) is 4.92. The van der Waals surface area contributed by atoms with Gasteiger partial charge >= 0.3 is 0 Å². The van der Waals surface area contributed by atoms with Gasteiger partial charge in [0.1, 0.15) is 6.61 Å². The molecule has 1 aromatic rings. The summed E-state index contributed by atoms with van der Waals surface area (Å²) in [7, 11) is 0. The van der Waals surface area contributed by atoms with E-state index < -0.39 is 0 Å². The highest BCUT2D eigenvalue weighted by Gasteiger charge is 2.17. The van der Waals surface area contributed by atoms with Crippen molar-refractivity contribution in [1.29, 1.82) is 0 Å². The summed E-state index contributed by atoms with van der Waals surface area (Å²) in [5.41, 5.74) is 6.71. The molecule has 1 aromatic carbocycles. The van der Waals surface area contributed by atoms with Crippen LogP contribution in [0, 0.1) is 0 Å². The minimum Gasteiger partial charge on any atom is -0.454 e. The van der Waals surface area contributed by atoms with Crippen LogP contribution in [0.5, 0.6) is 11.5 Å². The second-order valence-electron chi connectivity index (χ2n) is 3.48. The van der Waals surface area contributed by atoms with Crippen LogP contribution in [0.3, 0.4) is 0 Å². The van der Waals surface area contributed by atoms with E-state index in [4.69, 9.17) is 19.9 Å². The van der Waals surface area contributed by atoms with Gasteiger partial charge in [0.15, 0.2) is 11.5 Å². The fraction of sp³-hybridized carbons (Fsp3) is 0.364. The number of benzene rings is 1. The maximum atomic E-state index is 11.5. The summed E-state index contributed by atoms with van der Waals surface area (Å²) in [5.74, 6) is 0.911. The maximum Gasteiger partial charge on any atom is 0.250 e. The number of carbonyl (C=O) groups excluding carboxylic acids is 1. The van der Waals surface area contributed by atoms with E-state index in [0.717, 1.165) is 0 Å². The smallest absolute Gasteiger partial charge is 0.250 e. The van der Waals surface area contributed by atoms with Gasteiger partial charge in [-0.25, -0.2) is 0 Å². The average molecular weight is 238 g/mol. The van der Waals surface area contributed by atoms with Gasteiger partial charge < -0.3 is 25.3 Å². The lowest BCUT2D eigenvalue weighted by atomic mass is 10.2. The topological polar surface area (TPSA) is 82.8 Å². The van der Waals surface area contributed by atoms with Crippen LogP contribution >= 0.6 is 0 Å². The van der Waals surface area contributed by atoms with E-state index in [1.165, 1.54) is 0 Å². The molecule has 1 heterocycles. The van der Waals surface area contributed by atoms with Crippen LogP contribution in [0.25, 0.3) is 0 Å². The van der Waals surface area contributed by atoms with Crippen molar-refractivity contribution in [1.82, 2.24) is 0 Å². The third kappa shape index (κ3) is 2.59. The summed E-state index contributed by atoms with van der Waals surface area (Å²) in [6, 6.07) is 3.26. The molecule has 1 aliphatic heterocycles. The first-order chi connectivity index (χ1) is 8.20. The van der Waals surface area contributed by atoms with E-state index in [9.17, 15) is 4.79 Å². The number of hydrogen-bond donors (Lipinski definition) is 2. The third-order valence-electron chi connectivity index (χ3n) is 2.26. The SMILES string of the molecule is CCOCC(=O)Nc1cc2c(cc1N)OCO2. The van der Waals surface area contributed by atoms with Crippen molar-refractivity contribution >= 4 is 17.3 Å². The number of anilines is 2. The predicted octanol–water partition coefficient (Wildman–Crippen LogP) is 0.972. The van der Waals surface area contributed by atoms with Crippen molar-refractivity contribution in [2.75, 3.05) is 31.1 Å². The van der Waals surface area contributed by atoms with Crippen molar-refractivity contribution in [3.63, 3.8) is 0 Å². The Labute approximate surface area is 98.6 Å². The maximum absolute atomic E-state index is 11.5. The van der Waals surface area contributed by atoms with Gasteiger partial charge in [0.05, 0.1) is 11.4 Å². The number of rotatable bonds is 4. The normalized spacial score (nSPS) is 12.5. The summed E-state index contributed by atoms with van der Waals surface area (Å²) in [6.07, 6.45) is 0. The van der Waals surface area contributed by atoms with Gasteiger partial charge in [0.2, 0.25) is 12.7 Å². The number of amides is 1. The molecule has 0 atom stereocenters. The first kappa shape index (κ1) is 11.5. The predicted molar refractivity (Wildman–Crippen MR) is 62.1 cm³/mol. The van der Waals surface area contributed by atoms with E-state index in [-0.39, 0.29) is 19.3 Å². The van der Waals surface area contributed by atoms with Crippen molar-refractivity contribution in [2.24, 2.45) is 0 Å². The largest absolute Gasteiger partial charge is 0.454 e. The fourth-order valence-corrected chi connectivity index (χ4v) is 1.45. The number of fused-ring (bicyclic) bond motifs is 1. The summed E-state index contributed by atoms with van der Waals surface area (Å²) in [6.45, 7) is 2.49. The summed E-state index contributed by atoms with van der Waals surface area (Å²) >= 11 is 0. The molecule has 1 amide bonds. The minimum absolute atomic E-state index is 0.00435. The molecule has 0 spiro atoms. The van der Waals surface area contributed by atoms with Gasteiger partial charge in [-0.3, -0.25) is 4.79 Å². The van der Waals surface area contributed by atoms with Crippen LogP contribution in [0.15, 0.2) is 12.1 Å². The first-order valence-electron chi connectivity index (χ1n) is 5.27. The fourth-order valence-electron chi connectivity index (χ4n) is 1.45. The van der Waals surface area contributed by atoms with Crippen LogP contribution in [0.2, 0.25) is 0 Å². The molecule has 0 aromatic heterocycles. The van der Waals surface area contributed by atoms with Crippen molar-refractivity contribution in [3.05, 3.63) is 12.1 Å². The lowest BCUT2D eigenvalue weighted by Gasteiger charge is -2.09. The number of hydrogen-bond acceptors (Lipinski definition) is 5. The quantitative estimate of drug-likeness (QED) is 0.764. The first-order valence-corrected chi connectivity index (χ1v) is 5.27. The Morgan fingerprint density at radius 3 is 2.88 bits per heavy atom. The van der Waals surface area contributed by atoms with Gasteiger partial charge in [-0.1, -0.05) is 0 Å². The number of ether oxygens (including phenoxy) is 3. The zero-order valence-corrected chi connectivity index (χ0v) is 9.49. The summed E-state index contributed by atoms with van der Waals surface area (Å²) < 4.78 is 15.4. The van der Waals surface area contributed by atoms with Gasteiger partial charge in [0.25, 0.3) is 0 Å². The molecule has 1 aliphatic rings. The number of carbonyl (C=O) groups is 1. The average Bonchev–Trinajstić information content (AvgIpc) is 2.74. The monoisotopic (exact) mass is 238 g/mol. The van der Waals surface area contributed by atoms with E-state index in [2.05, 4.69) is 5.32 Å². The minimum atomic E-state index is -0.252. The van der Waals surface area contributed by atoms with Crippen LogP contribution in [0.4, 0.5) is 11.4 Å². The van der Waals surface area contributed by atoms with Gasteiger partial charge in [0, 0.05) is 18.7 Å². The molecule has 0 unspecified atom stereocenters. The highest BCUT2D eigenvalue weighted by atomic mass is 16.7. The van der Waals surface area contributed by atoms with Crippen LogP contribution in [-0.2, 0) is 9.53 Å². The molecule has 17 heavy (non-hydrogen) atoms. The summed E-state index contributed by atoms with van der Waals surface area (Å²) in [4.78, 5) is 11.5.